The van der Waals surface area contributed by atoms with E-state index in [4.69, 9.17) is 0 Å². The molecule has 1 heterocycles. The minimum Gasteiger partial charge on any atom is -0.288 e. The van der Waals surface area contributed by atoms with Crippen molar-refractivity contribution in [1.29, 1.82) is 0 Å². The van der Waals surface area contributed by atoms with E-state index in [2.05, 4.69) is 10.2 Å². The van der Waals surface area contributed by atoms with Crippen LogP contribution in [0.2, 0.25) is 0 Å². The summed E-state index contributed by atoms with van der Waals surface area (Å²) in [5.74, 6) is 0.363. The Morgan fingerprint density at radius 2 is 2.16 bits per heavy atom. The summed E-state index contributed by atoms with van der Waals surface area (Å²) in [5, 5.41) is 6.98. The lowest BCUT2D eigenvalue weighted by Crippen LogP contribution is -1.83. The topological polar surface area (TPSA) is 45.8 Å². The standard InChI is InChI=1S/C14H13FN2OS/c1-10(18)19-8-2-3-12-9-16-17-14(12)11-4-6-13(15)7-5-11/h2-7,9H,8H2,1H3,(H,16,17). The number of hydrogen-bond donors (Lipinski definition) is 1. The molecule has 0 saturated heterocycles. The van der Waals surface area contributed by atoms with E-state index in [0.717, 1.165) is 16.8 Å². The third-order valence-corrected chi connectivity index (χ3v) is 3.25. The van der Waals surface area contributed by atoms with Crippen molar-refractivity contribution in [3.63, 3.8) is 0 Å². The van der Waals surface area contributed by atoms with Crippen LogP contribution in [-0.2, 0) is 4.79 Å². The Bertz CT molecular complexity index is 590. The molecule has 0 amide bonds. The maximum atomic E-state index is 12.9. The smallest absolute Gasteiger partial charge is 0.186 e. The number of aromatic nitrogens is 2. The molecule has 1 N–H and O–H groups in total. The summed E-state index contributed by atoms with van der Waals surface area (Å²) in [4.78, 5) is 10.8. The van der Waals surface area contributed by atoms with E-state index in [1.165, 1.54) is 23.9 Å². The van der Waals surface area contributed by atoms with E-state index in [-0.39, 0.29) is 10.9 Å². The molecule has 98 valence electrons. The third-order valence-electron chi connectivity index (χ3n) is 2.48. The molecule has 19 heavy (non-hydrogen) atoms. The number of aromatic amines is 1. The Balaban J connectivity index is 2.13. The first kappa shape index (κ1) is 13.5. The molecule has 3 nitrogen and oxygen atoms in total. The minimum atomic E-state index is -0.266. The number of carbonyl (C=O) groups is 1. The zero-order chi connectivity index (χ0) is 13.7. The van der Waals surface area contributed by atoms with E-state index < -0.39 is 0 Å². The normalized spacial score (nSPS) is 11.1. The van der Waals surface area contributed by atoms with Crippen molar-refractivity contribution in [3.8, 4) is 11.3 Å². The average molecular weight is 276 g/mol. The van der Waals surface area contributed by atoms with Gasteiger partial charge in [-0.2, -0.15) is 5.10 Å². The van der Waals surface area contributed by atoms with E-state index in [1.54, 1.807) is 25.3 Å². The molecule has 0 radical (unpaired) electrons. The van der Waals surface area contributed by atoms with Crippen molar-refractivity contribution in [2.45, 2.75) is 6.92 Å². The molecule has 0 spiro atoms. The lowest BCUT2D eigenvalue weighted by atomic mass is 10.1. The number of benzene rings is 1. The monoisotopic (exact) mass is 276 g/mol. The summed E-state index contributed by atoms with van der Waals surface area (Å²) >= 11 is 1.25. The van der Waals surface area contributed by atoms with Gasteiger partial charge in [-0.1, -0.05) is 23.9 Å². The van der Waals surface area contributed by atoms with Gasteiger partial charge in [0.05, 0.1) is 11.9 Å². The highest BCUT2D eigenvalue weighted by Crippen LogP contribution is 2.22. The third kappa shape index (κ3) is 3.79. The van der Waals surface area contributed by atoms with Gasteiger partial charge in [0.15, 0.2) is 5.12 Å². The van der Waals surface area contributed by atoms with Crippen molar-refractivity contribution in [1.82, 2.24) is 10.2 Å². The van der Waals surface area contributed by atoms with Gasteiger partial charge in [-0.25, -0.2) is 4.39 Å². The summed E-state index contributed by atoms with van der Waals surface area (Å²) in [6, 6.07) is 6.22. The molecule has 0 bridgehead atoms. The molecule has 0 aliphatic carbocycles. The molecule has 0 saturated carbocycles. The van der Waals surface area contributed by atoms with Gasteiger partial charge >= 0.3 is 0 Å². The van der Waals surface area contributed by atoms with Crippen LogP contribution in [0.4, 0.5) is 4.39 Å². The number of nitrogens with zero attached hydrogens (tertiary/aromatic N) is 1. The van der Waals surface area contributed by atoms with E-state index in [1.807, 2.05) is 12.2 Å². The highest BCUT2D eigenvalue weighted by atomic mass is 32.2. The lowest BCUT2D eigenvalue weighted by molar-refractivity contribution is -0.109. The second-order valence-corrected chi connectivity index (χ2v) is 5.11. The lowest BCUT2D eigenvalue weighted by Gasteiger charge is -1.99. The Hall–Kier alpha value is -1.88. The van der Waals surface area contributed by atoms with Gasteiger partial charge in [0.25, 0.3) is 0 Å². The highest BCUT2D eigenvalue weighted by Gasteiger charge is 2.05. The van der Waals surface area contributed by atoms with Crippen molar-refractivity contribution in [2.24, 2.45) is 0 Å². The molecular formula is C14H13FN2OS. The van der Waals surface area contributed by atoms with Crippen LogP contribution in [0.15, 0.2) is 36.5 Å². The van der Waals surface area contributed by atoms with Crippen LogP contribution < -0.4 is 0 Å². The fraction of sp³-hybridized carbons (Fsp3) is 0.143. The summed E-state index contributed by atoms with van der Waals surface area (Å²) < 4.78 is 12.9. The van der Waals surface area contributed by atoms with Crippen LogP contribution in [0.5, 0.6) is 0 Å². The maximum absolute atomic E-state index is 12.9. The Morgan fingerprint density at radius 1 is 1.42 bits per heavy atom. The minimum absolute atomic E-state index is 0.0931. The van der Waals surface area contributed by atoms with Crippen molar-refractivity contribution >= 4 is 23.0 Å². The molecular weight excluding hydrogens is 263 g/mol. The molecule has 1 aromatic carbocycles. The Morgan fingerprint density at radius 3 is 2.84 bits per heavy atom. The molecule has 0 unspecified atom stereocenters. The first-order valence-electron chi connectivity index (χ1n) is 5.76. The van der Waals surface area contributed by atoms with Gasteiger partial charge in [0, 0.05) is 23.8 Å². The van der Waals surface area contributed by atoms with Crippen LogP contribution in [0.3, 0.4) is 0 Å². The summed E-state index contributed by atoms with van der Waals surface area (Å²) in [7, 11) is 0. The number of carbonyl (C=O) groups excluding carboxylic acids is 1. The predicted octanol–water partition coefficient (Wildman–Crippen LogP) is 3.51. The van der Waals surface area contributed by atoms with Crippen molar-refractivity contribution in [2.75, 3.05) is 5.75 Å². The van der Waals surface area contributed by atoms with Crippen molar-refractivity contribution in [3.05, 3.63) is 47.9 Å². The number of H-pyrrole nitrogens is 1. The average Bonchev–Trinajstić information content (AvgIpc) is 2.84. The molecule has 2 rings (SSSR count). The van der Waals surface area contributed by atoms with Gasteiger partial charge in [-0.3, -0.25) is 9.89 Å². The molecule has 2 aromatic rings. The molecule has 1 aromatic heterocycles. The van der Waals surface area contributed by atoms with E-state index in [9.17, 15) is 9.18 Å². The number of thioether (sulfide) groups is 1. The number of halogens is 1. The number of rotatable bonds is 4. The van der Waals surface area contributed by atoms with Crippen LogP contribution in [-0.4, -0.2) is 21.1 Å². The van der Waals surface area contributed by atoms with Gasteiger partial charge in [-0.05, 0) is 24.3 Å². The van der Waals surface area contributed by atoms with Gasteiger partial charge in [-0.15, -0.1) is 0 Å². The fourth-order valence-corrected chi connectivity index (χ4v) is 2.04. The van der Waals surface area contributed by atoms with Gasteiger partial charge in [0.2, 0.25) is 0 Å². The second kappa shape index (κ2) is 6.33. The van der Waals surface area contributed by atoms with Gasteiger partial charge < -0.3 is 0 Å². The van der Waals surface area contributed by atoms with E-state index in [0.29, 0.717) is 5.75 Å². The van der Waals surface area contributed by atoms with Gasteiger partial charge in [0.1, 0.15) is 5.82 Å². The first-order chi connectivity index (χ1) is 9.16. The number of nitrogens with one attached hydrogen (secondary N) is 1. The Kier molecular flexibility index (Phi) is 4.52. The SMILES string of the molecule is CC(=O)SCC=Cc1cn[nH]c1-c1ccc(F)cc1. The van der Waals surface area contributed by atoms with Crippen LogP contribution >= 0.6 is 11.8 Å². The fourth-order valence-electron chi connectivity index (χ4n) is 1.61. The second-order valence-electron chi connectivity index (χ2n) is 3.91. The summed E-state index contributed by atoms with van der Waals surface area (Å²) in [6.07, 6.45) is 5.51. The first-order valence-corrected chi connectivity index (χ1v) is 6.74. The zero-order valence-corrected chi connectivity index (χ0v) is 11.2. The molecule has 0 aliphatic rings. The predicted molar refractivity (Wildman–Crippen MR) is 76.2 cm³/mol. The summed E-state index contributed by atoms with van der Waals surface area (Å²) in [5.41, 5.74) is 2.62. The van der Waals surface area contributed by atoms with E-state index >= 15 is 0 Å². The molecule has 0 fully saturated rings. The zero-order valence-electron chi connectivity index (χ0n) is 10.4. The van der Waals surface area contributed by atoms with Crippen LogP contribution in [0.1, 0.15) is 12.5 Å². The van der Waals surface area contributed by atoms with Crippen LogP contribution in [0.25, 0.3) is 17.3 Å². The quantitative estimate of drug-likeness (QED) is 0.929. The molecule has 5 heteroatoms. The maximum Gasteiger partial charge on any atom is 0.186 e. The molecule has 0 aliphatic heterocycles. The number of hydrogen-bond acceptors (Lipinski definition) is 3. The Labute approximate surface area is 114 Å². The van der Waals surface area contributed by atoms with Crippen molar-refractivity contribution < 1.29 is 9.18 Å². The largest absolute Gasteiger partial charge is 0.288 e. The molecule has 0 atom stereocenters. The summed E-state index contributed by atoms with van der Waals surface area (Å²) in [6.45, 7) is 1.54. The highest BCUT2D eigenvalue weighted by molar-refractivity contribution is 8.13. The van der Waals surface area contributed by atoms with Crippen LogP contribution in [0, 0.1) is 5.82 Å².